The van der Waals surface area contributed by atoms with Gasteiger partial charge in [-0.05, 0) is 0 Å². The number of rotatable bonds is 11. The van der Waals surface area contributed by atoms with Crippen molar-refractivity contribution in [2.75, 3.05) is 13.2 Å². The molecule has 2 fully saturated rings. The number of hydrogen-bond donors (Lipinski definition) is 7. The van der Waals surface area contributed by atoms with Crippen LogP contribution in [0, 0.1) is 0 Å². The van der Waals surface area contributed by atoms with Gasteiger partial charge in [0, 0.05) is 0 Å². The topological polar surface area (TPSA) is 316 Å². The first-order valence-corrected chi connectivity index (χ1v) is 13.0. The predicted octanol–water partition coefficient (Wildman–Crippen LogP) is -5.14. The van der Waals surface area contributed by atoms with Gasteiger partial charge in [-0.25, -0.2) is 17.3 Å². The summed E-state index contributed by atoms with van der Waals surface area (Å²) in [5.74, 6) is -1.91. The molecule has 2 heterocycles. The van der Waals surface area contributed by atoms with Gasteiger partial charge in [-0.3, -0.25) is 13.7 Å². The SMILES string of the molecule is O=C(O)C1OC(OC2C(COS(=O)(=O)O)OC(CO)C2OS(=O)(=O)O)C(OS(=O)(=O)O)C(O)C1O. The molecule has 0 saturated carbocycles. The van der Waals surface area contributed by atoms with Crippen molar-refractivity contribution in [1.29, 1.82) is 0 Å². The maximum atomic E-state index is 11.3. The fourth-order valence-electron chi connectivity index (χ4n) is 3.21. The highest BCUT2D eigenvalue weighted by Crippen LogP contribution is 2.33. The van der Waals surface area contributed by atoms with Crippen LogP contribution in [0.15, 0.2) is 0 Å². The number of aliphatic hydroxyl groups excluding tert-OH is 3. The zero-order valence-corrected chi connectivity index (χ0v) is 19.2. The molecule has 23 heteroatoms. The van der Waals surface area contributed by atoms with Gasteiger partial charge in [0.1, 0.15) is 36.6 Å². The Hall–Kier alpha value is -1.16. The van der Waals surface area contributed by atoms with E-state index in [0.717, 1.165) is 0 Å². The first kappa shape index (κ1) is 30.1. The molecular formula is C12H20O20S3. The molecule has 9 atom stereocenters. The predicted molar refractivity (Wildman–Crippen MR) is 99.3 cm³/mol. The van der Waals surface area contributed by atoms with E-state index in [1.165, 1.54) is 0 Å². The van der Waals surface area contributed by atoms with Gasteiger partial charge < -0.3 is 34.6 Å². The van der Waals surface area contributed by atoms with E-state index in [0.29, 0.717) is 0 Å². The minimum Gasteiger partial charge on any atom is -0.479 e. The van der Waals surface area contributed by atoms with E-state index in [-0.39, 0.29) is 0 Å². The van der Waals surface area contributed by atoms with Gasteiger partial charge in [-0.2, -0.15) is 25.3 Å². The standard InChI is InChI=1S/C12H20O20S3/c13-1-3-8(31-34(21,22)23)7(4(28-3)2-27-33(18,19)20)29-12-10(32-35(24,25)26)6(15)5(14)9(30-12)11(16)17/h3-10,12-15H,1-2H2,(H,16,17)(H,18,19,20)(H,21,22,23)(H,24,25,26). The first-order valence-electron chi connectivity index (χ1n) is 8.92. The highest BCUT2D eigenvalue weighted by Gasteiger charge is 2.55. The van der Waals surface area contributed by atoms with Crippen LogP contribution in [0.25, 0.3) is 0 Å². The normalized spacial score (nSPS) is 36.8. The summed E-state index contributed by atoms with van der Waals surface area (Å²) >= 11 is 0. The Bertz CT molecular complexity index is 1070. The highest BCUT2D eigenvalue weighted by atomic mass is 32.3. The molecule has 0 aromatic carbocycles. The van der Waals surface area contributed by atoms with E-state index in [2.05, 4.69) is 12.5 Å². The van der Waals surface area contributed by atoms with Crippen molar-refractivity contribution in [3.63, 3.8) is 0 Å². The second-order valence-electron chi connectivity index (χ2n) is 6.93. The van der Waals surface area contributed by atoms with Crippen LogP contribution in [0.2, 0.25) is 0 Å². The number of carboxylic acids is 1. The van der Waals surface area contributed by atoms with Gasteiger partial charge in [-0.1, -0.05) is 0 Å². The van der Waals surface area contributed by atoms with Crippen LogP contribution in [-0.2, 0) is 62.8 Å². The summed E-state index contributed by atoms with van der Waals surface area (Å²) in [6.45, 7) is -2.26. The van der Waals surface area contributed by atoms with E-state index in [1.807, 2.05) is 0 Å². The van der Waals surface area contributed by atoms with E-state index < -0.39 is 106 Å². The fourth-order valence-corrected chi connectivity index (χ4v) is 4.51. The number of hydrogen-bond acceptors (Lipinski definition) is 16. The first-order chi connectivity index (χ1) is 15.8. The van der Waals surface area contributed by atoms with Gasteiger partial charge in [0.25, 0.3) is 0 Å². The Morgan fingerprint density at radius 1 is 0.771 bits per heavy atom. The van der Waals surface area contributed by atoms with Gasteiger partial charge in [0.2, 0.25) is 0 Å². The zero-order chi connectivity index (χ0) is 26.9. The number of carboxylic acid groups (broad SMARTS) is 1. The van der Waals surface area contributed by atoms with E-state index in [4.69, 9.17) is 33.0 Å². The summed E-state index contributed by atoms with van der Waals surface area (Å²) in [7, 11) is -15.9. The molecular weight excluding hydrogens is 560 g/mol. The van der Waals surface area contributed by atoms with Crippen molar-refractivity contribution in [2.24, 2.45) is 0 Å². The van der Waals surface area contributed by atoms with Crippen molar-refractivity contribution < 1.29 is 90.9 Å². The number of carbonyl (C=O) groups is 1. The molecule has 0 aliphatic carbocycles. The van der Waals surface area contributed by atoms with Crippen molar-refractivity contribution in [3.8, 4) is 0 Å². The Kier molecular flexibility index (Phi) is 9.51. The molecule has 2 saturated heterocycles. The molecule has 9 unspecified atom stereocenters. The summed E-state index contributed by atoms with van der Waals surface area (Å²) in [5, 5.41) is 38.6. The van der Waals surface area contributed by atoms with Crippen molar-refractivity contribution in [1.82, 2.24) is 0 Å². The second-order valence-corrected chi connectivity index (χ2v) is 10.1. The lowest BCUT2D eigenvalue weighted by molar-refractivity contribution is -0.305. The molecule has 206 valence electrons. The molecule has 2 aliphatic rings. The molecule has 0 radical (unpaired) electrons. The highest BCUT2D eigenvalue weighted by molar-refractivity contribution is 7.81. The van der Waals surface area contributed by atoms with Crippen LogP contribution >= 0.6 is 0 Å². The molecule has 0 aromatic heterocycles. The monoisotopic (exact) mass is 580 g/mol. The quantitative estimate of drug-likeness (QED) is 0.112. The van der Waals surface area contributed by atoms with E-state index in [1.54, 1.807) is 0 Å². The van der Waals surface area contributed by atoms with Crippen LogP contribution < -0.4 is 0 Å². The Labute approximate surface area is 196 Å². The zero-order valence-electron chi connectivity index (χ0n) is 16.8. The molecule has 2 rings (SSSR count). The average molecular weight is 580 g/mol. The summed E-state index contributed by atoms with van der Waals surface area (Å²) in [5.41, 5.74) is 0. The summed E-state index contributed by atoms with van der Waals surface area (Å²) in [6, 6.07) is 0. The summed E-state index contributed by atoms with van der Waals surface area (Å²) < 4.78 is 121. The molecule has 2 aliphatic heterocycles. The van der Waals surface area contributed by atoms with Crippen molar-refractivity contribution >= 4 is 37.2 Å². The fraction of sp³-hybridized carbons (Fsp3) is 0.917. The number of aliphatic hydroxyl groups is 3. The summed E-state index contributed by atoms with van der Waals surface area (Å²) in [6.07, 6.45) is -19.7. The van der Waals surface area contributed by atoms with Crippen molar-refractivity contribution in [2.45, 2.75) is 55.1 Å². The van der Waals surface area contributed by atoms with Crippen LogP contribution in [-0.4, -0.2) is 134 Å². The molecule has 0 amide bonds. The maximum Gasteiger partial charge on any atom is 0.397 e. The molecule has 35 heavy (non-hydrogen) atoms. The molecule has 0 bridgehead atoms. The number of aliphatic carboxylic acids is 1. The number of ether oxygens (including phenoxy) is 3. The van der Waals surface area contributed by atoms with E-state index in [9.17, 15) is 45.4 Å². The van der Waals surface area contributed by atoms with Crippen LogP contribution in [0.5, 0.6) is 0 Å². The Balaban J connectivity index is 2.47. The van der Waals surface area contributed by atoms with Crippen LogP contribution in [0.4, 0.5) is 0 Å². The van der Waals surface area contributed by atoms with Gasteiger partial charge in [0.15, 0.2) is 18.5 Å². The average Bonchev–Trinajstić information content (AvgIpc) is 2.99. The molecule has 0 spiro atoms. The minimum atomic E-state index is -5.44. The lowest BCUT2D eigenvalue weighted by atomic mass is 9.98. The Morgan fingerprint density at radius 2 is 1.31 bits per heavy atom. The Morgan fingerprint density at radius 3 is 1.77 bits per heavy atom. The molecule has 20 nitrogen and oxygen atoms in total. The van der Waals surface area contributed by atoms with Gasteiger partial charge in [-0.15, -0.1) is 0 Å². The van der Waals surface area contributed by atoms with Crippen LogP contribution in [0.3, 0.4) is 0 Å². The third-order valence-electron chi connectivity index (χ3n) is 4.51. The summed E-state index contributed by atoms with van der Waals surface area (Å²) in [4.78, 5) is 11.3. The largest absolute Gasteiger partial charge is 0.479 e. The lowest BCUT2D eigenvalue weighted by Gasteiger charge is -2.41. The van der Waals surface area contributed by atoms with Crippen LogP contribution in [0.1, 0.15) is 0 Å². The molecule has 7 N–H and O–H groups in total. The van der Waals surface area contributed by atoms with Gasteiger partial charge in [0.05, 0.1) is 13.2 Å². The minimum absolute atomic E-state index is 1.07. The van der Waals surface area contributed by atoms with Gasteiger partial charge >= 0.3 is 37.2 Å². The van der Waals surface area contributed by atoms with E-state index >= 15 is 0 Å². The maximum absolute atomic E-state index is 11.3. The van der Waals surface area contributed by atoms with Crippen molar-refractivity contribution in [3.05, 3.63) is 0 Å². The molecule has 0 aromatic rings. The third kappa shape index (κ3) is 8.44. The second kappa shape index (κ2) is 11.1. The third-order valence-corrected chi connectivity index (χ3v) is 5.88. The smallest absolute Gasteiger partial charge is 0.397 e. The lowest BCUT2D eigenvalue weighted by Crippen LogP contribution is -2.62.